The van der Waals surface area contributed by atoms with Crippen LogP contribution in [0.1, 0.15) is 25.0 Å². The van der Waals surface area contributed by atoms with E-state index in [1.165, 1.54) is 21.9 Å². The van der Waals surface area contributed by atoms with Crippen molar-refractivity contribution in [3.8, 4) is 0 Å². The van der Waals surface area contributed by atoms with Crippen LogP contribution in [-0.4, -0.2) is 0 Å². The van der Waals surface area contributed by atoms with Crippen molar-refractivity contribution in [2.24, 2.45) is 0 Å². The molecule has 0 amide bonds. The van der Waals surface area contributed by atoms with Gasteiger partial charge in [-0.3, -0.25) is 0 Å². The minimum absolute atomic E-state index is 0.0112. The molecule has 4 rings (SSSR count). The summed E-state index contributed by atoms with van der Waals surface area (Å²) in [5.74, 6) is 0. The number of nitrogens with one attached hydrogen (secondary N) is 1. The Morgan fingerprint density at radius 2 is 1.12 bits per heavy atom. The molecule has 0 unspecified atom stereocenters. The first kappa shape index (κ1) is 16.4. The zero-order valence-electron chi connectivity index (χ0n) is 15.2. The van der Waals surface area contributed by atoms with Gasteiger partial charge in [0, 0.05) is 16.8 Å². The molecule has 1 heteroatoms. The van der Waals surface area contributed by atoms with Gasteiger partial charge in [-0.1, -0.05) is 86.6 Å². The second-order valence-electron chi connectivity index (χ2n) is 7.26. The van der Waals surface area contributed by atoms with E-state index in [0.29, 0.717) is 0 Å². The quantitative estimate of drug-likeness (QED) is 0.426. The molecule has 0 aliphatic carbocycles. The van der Waals surface area contributed by atoms with Crippen LogP contribution in [0.15, 0.2) is 97.1 Å². The van der Waals surface area contributed by atoms with Gasteiger partial charge in [-0.15, -0.1) is 0 Å². The topological polar surface area (TPSA) is 12.0 Å². The molecule has 0 fully saturated rings. The maximum atomic E-state index is 3.51. The lowest BCUT2D eigenvalue weighted by Crippen LogP contribution is -2.18. The predicted molar refractivity (Wildman–Crippen MR) is 112 cm³/mol. The summed E-state index contributed by atoms with van der Waals surface area (Å²) in [5, 5.41) is 6.03. The molecule has 0 radical (unpaired) electrons. The molecule has 0 atom stereocenters. The van der Waals surface area contributed by atoms with E-state index in [2.05, 4.69) is 116 Å². The third-order valence-electron chi connectivity index (χ3n) is 5.14. The molecule has 4 aromatic rings. The van der Waals surface area contributed by atoms with E-state index in [4.69, 9.17) is 0 Å². The fourth-order valence-corrected chi connectivity index (χ4v) is 3.43. The maximum Gasteiger partial charge on any atom is 0.0390 e. The van der Waals surface area contributed by atoms with Crippen LogP contribution >= 0.6 is 0 Å². The highest BCUT2D eigenvalue weighted by molar-refractivity contribution is 5.86. The lowest BCUT2D eigenvalue weighted by atomic mass is 9.78. The summed E-state index contributed by atoms with van der Waals surface area (Å²) in [6.45, 7) is 4.54. The van der Waals surface area contributed by atoms with Gasteiger partial charge in [-0.25, -0.2) is 0 Å². The summed E-state index contributed by atoms with van der Waals surface area (Å²) in [6, 6.07) is 34.3. The predicted octanol–water partition coefficient (Wildman–Crippen LogP) is 6.91. The summed E-state index contributed by atoms with van der Waals surface area (Å²) < 4.78 is 0. The number of hydrogen-bond donors (Lipinski definition) is 1. The van der Waals surface area contributed by atoms with Gasteiger partial charge in [0.05, 0.1) is 0 Å². The van der Waals surface area contributed by atoms with Gasteiger partial charge in [0.15, 0.2) is 0 Å². The third-order valence-corrected chi connectivity index (χ3v) is 5.14. The van der Waals surface area contributed by atoms with E-state index >= 15 is 0 Å². The number of hydrogen-bond acceptors (Lipinski definition) is 1. The average molecular weight is 337 g/mol. The van der Waals surface area contributed by atoms with E-state index < -0.39 is 0 Å². The second-order valence-corrected chi connectivity index (χ2v) is 7.26. The first-order chi connectivity index (χ1) is 12.6. The molecule has 1 N–H and O–H groups in total. The van der Waals surface area contributed by atoms with Crippen LogP contribution < -0.4 is 5.32 Å². The van der Waals surface area contributed by atoms with E-state index in [-0.39, 0.29) is 5.41 Å². The summed E-state index contributed by atoms with van der Waals surface area (Å²) >= 11 is 0. The molecule has 0 saturated carbocycles. The van der Waals surface area contributed by atoms with Crippen molar-refractivity contribution in [3.63, 3.8) is 0 Å². The Kier molecular flexibility index (Phi) is 4.22. The van der Waals surface area contributed by atoms with Gasteiger partial charge in [-0.05, 0) is 46.2 Å². The molecule has 0 heterocycles. The van der Waals surface area contributed by atoms with Gasteiger partial charge < -0.3 is 5.32 Å². The summed E-state index contributed by atoms with van der Waals surface area (Å²) in [4.78, 5) is 0. The Hall–Kier alpha value is -3.06. The molecule has 26 heavy (non-hydrogen) atoms. The second kappa shape index (κ2) is 6.68. The Labute approximate surface area is 155 Å². The molecular formula is C25H23N. The van der Waals surface area contributed by atoms with Crippen molar-refractivity contribution in [2.75, 3.05) is 5.32 Å². The summed E-state index contributed by atoms with van der Waals surface area (Å²) in [5.41, 5.74) is 4.84. The largest absolute Gasteiger partial charge is 0.356 e. The highest BCUT2D eigenvalue weighted by atomic mass is 14.9. The highest BCUT2D eigenvalue weighted by Gasteiger charge is 2.22. The average Bonchev–Trinajstić information content (AvgIpc) is 2.69. The number of fused-ring (bicyclic) bond motifs is 1. The van der Waals surface area contributed by atoms with Crippen molar-refractivity contribution in [3.05, 3.63) is 108 Å². The molecule has 0 bridgehead atoms. The maximum absolute atomic E-state index is 3.51. The minimum Gasteiger partial charge on any atom is -0.356 e. The minimum atomic E-state index is -0.0112. The van der Waals surface area contributed by atoms with Crippen LogP contribution in [0.4, 0.5) is 11.4 Å². The Bertz CT molecular complexity index is 1010. The van der Waals surface area contributed by atoms with Crippen LogP contribution in [-0.2, 0) is 5.41 Å². The molecule has 0 aliphatic rings. The summed E-state index contributed by atoms with van der Waals surface area (Å²) in [6.07, 6.45) is 0. The zero-order valence-corrected chi connectivity index (χ0v) is 15.2. The van der Waals surface area contributed by atoms with Crippen LogP contribution in [0.3, 0.4) is 0 Å². The zero-order chi connectivity index (χ0) is 18.0. The molecule has 4 aromatic carbocycles. The normalized spacial score (nSPS) is 11.5. The van der Waals surface area contributed by atoms with Crippen molar-refractivity contribution in [1.82, 2.24) is 0 Å². The molecular weight excluding hydrogens is 314 g/mol. The fourth-order valence-electron chi connectivity index (χ4n) is 3.43. The smallest absolute Gasteiger partial charge is 0.0390 e. The van der Waals surface area contributed by atoms with Gasteiger partial charge in [-0.2, -0.15) is 0 Å². The number of benzene rings is 4. The van der Waals surface area contributed by atoms with Gasteiger partial charge in [0.25, 0.3) is 0 Å². The molecule has 1 nitrogen and oxygen atoms in total. The van der Waals surface area contributed by atoms with Gasteiger partial charge in [0.2, 0.25) is 0 Å². The van der Waals surface area contributed by atoms with E-state index in [0.717, 1.165) is 11.4 Å². The molecule has 0 spiro atoms. The van der Waals surface area contributed by atoms with Crippen LogP contribution in [0.25, 0.3) is 10.8 Å². The van der Waals surface area contributed by atoms with Crippen LogP contribution in [0, 0.1) is 0 Å². The van der Waals surface area contributed by atoms with Crippen LogP contribution in [0.2, 0.25) is 0 Å². The highest BCUT2D eigenvalue weighted by Crippen LogP contribution is 2.32. The van der Waals surface area contributed by atoms with Crippen molar-refractivity contribution >= 4 is 22.1 Å². The molecule has 0 aliphatic heterocycles. The number of rotatable bonds is 4. The standard InChI is InChI=1S/C25H23N/c1-25(2,21-10-4-3-5-11-21)22-13-16-23(17-14-22)26-24-15-12-19-8-6-7-9-20(19)18-24/h3-18,26H,1-2H3. The Balaban J connectivity index is 1.57. The fraction of sp³-hybridized carbons (Fsp3) is 0.120. The SMILES string of the molecule is CC(C)(c1ccccc1)c1ccc(Nc2ccc3ccccc3c2)cc1. The molecule has 0 saturated heterocycles. The monoisotopic (exact) mass is 337 g/mol. The Morgan fingerprint density at radius 3 is 1.85 bits per heavy atom. The van der Waals surface area contributed by atoms with Crippen LogP contribution in [0.5, 0.6) is 0 Å². The molecule has 128 valence electrons. The van der Waals surface area contributed by atoms with Crippen molar-refractivity contribution in [1.29, 1.82) is 0 Å². The summed E-state index contributed by atoms with van der Waals surface area (Å²) in [7, 11) is 0. The van der Waals surface area contributed by atoms with Gasteiger partial charge >= 0.3 is 0 Å². The first-order valence-electron chi connectivity index (χ1n) is 9.05. The lowest BCUT2D eigenvalue weighted by molar-refractivity contribution is 0.641. The van der Waals surface area contributed by atoms with E-state index in [1.807, 2.05) is 0 Å². The van der Waals surface area contributed by atoms with Crippen molar-refractivity contribution < 1.29 is 0 Å². The Morgan fingerprint density at radius 1 is 0.538 bits per heavy atom. The van der Waals surface area contributed by atoms with E-state index in [9.17, 15) is 0 Å². The van der Waals surface area contributed by atoms with Crippen molar-refractivity contribution in [2.45, 2.75) is 19.3 Å². The third kappa shape index (κ3) is 3.21. The first-order valence-corrected chi connectivity index (χ1v) is 9.05. The lowest BCUT2D eigenvalue weighted by Gasteiger charge is -2.26. The number of anilines is 2. The molecule has 0 aromatic heterocycles. The van der Waals surface area contributed by atoms with E-state index in [1.54, 1.807) is 0 Å². The van der Waals surface area contributed by atoms with Gasteiger partial charge in [0.1, 0.15) is 0 Å².